The molecule has 0 amide bonds. The van der Waals surface area contributed by atoms with E-state index in [-0.39, 0.29) is 0 Å². The third-order valence-corrected chi connectivity index (χ3v) is 6.38. The molecule has 0 aliphatic heterocycles. The van der Waals surface area contributed by atoms with Crippen molar-refractivity contribution in [2.45, 2.75) is 25.7 Å². The average Bonchev–Trinajstić information content (AvgIpc) is 3.07. The van der Waals surface area contributed by atoms with Gasteiger partial charge in [-0.15, -0.1) is 0 Å². The first-order valence-corrected chi connectivity index (χ1v) is 8.44. The van der Waals surface area contributed by atoms with Crippen LogP contribution < -0.4 is 0 Å². The first kappa shape index (κ1) is 12.0. The fourth-order valence-electron chi connectivity index (χ4n) is 4.16. The molecule has 0 spiro atoms. The minimum atomic E-state index is 0.526. The Hall–Kier alpha value is -0.820. The molecule has 2 unspecified atom stereocenters. The standard InChI is InChI=1S/C18H19Br/c19-12-18(10-15-8-16(15)11-18)9-14-6-3-5-13-4-1-2-7-17(13)14/h1-7,15-16H,8-12H2. The van der Waals surface area contributed by atoms with Crippen molar-refractivity contribution in [3.05, 3.63) is 48.0 Å². The van der Waals surface area contributed by atoms with Crippen LogP contribution in [-0.2, 0) is 6.42 Å². The molecule has 19 heavy (non-hydrogen) atoms. The van der Waals surface area contributed by atoms with E-state index in [2.05, 4.69) is 58.4 Å². The molecule has 0 saturated heterocycles. The molecule has 2 fully saturated rings. The summed E-state index contributed by atoms with van der Waals surface area (Å²) in [4.78, 5) is 0. The maximum Gasteiger partial charge on any atom is 0.00913 e. The highest BCUT2D eigenvalue weighted by atomic mass is 79.9. The van der Waals surface area contributed by atoms with Crippen molar-refractivity contribution in [3.63, 3.8) is 0 Å². The quantitative estimate of drug-likeness (QED) is 0.684. The van der Waals surface area contributed by atoms with Gasteiger partial charge in [0.1, 0.15) is 0 Å². The van der Waals surface area contributed by atoms with Gasteiger partial charge in [0.25, 0.3) is 0 Å². The van der Waals surface area contributed by atoms with E-state index in [0.29, 0.717) is 5.41 Å². The zero-order valence-electron chi connectivity index (χ0n) is 11.1. The molecule has 0 heterocycles. The summed E-state index contributed by atoms with van der Waals surface area (Å²) >= 11 is 3.80. The second-order valence-electron chi connectivity index (χ2n) is 6.61. The summed E-state index contributed by atoms with van der Waals surface area (Å²) in [5.41, 5.74) is 2.07. The summed E-state index contributed by atoms with van der Waals surface area (Å²) in [6.07, 6.45) is 5.62. The fraction of sp³-hybridized carbons (Fsp3) is 0.444. The van der Waals surface area contributed by atoms with Crippen LogP contribution in [0.2, 0.25) is 0 Å². The lowest BCUT2D eigenvalue weighted by Crippen LogP contribution is -2.23. The third kappa shape index (κ3) is 2.03. The Labute approximate surface area is 123 Å². The van der Waals surface area contributed by atoms with Gasteiger partial charge < -0.3 is 0 Å². The Kier molecular flexibility index (Phi) is 2.73. The molecule has 0 bridgehead atoms. The molecular formula is C18H19Br. The summed E-state index contributed by atoms with van der Waals surface area (Å²) in [7, 11) is 0. The van der Waals surface area contributed by atoms with Crippen molar-refractivity contribution in [2.24, 2.45) is 17.3 Å². The van der Waals surface area contributed by atoms with Crippen molar-refractivity contribution in [3.8, 4) is 0 Å². The molecule has 98 valence electrons. The van der Waals surface area contributed by atoms with E-state index in [1.807, 2.05) is 0 Å². The van der Waals surface area contributed by atoms with Crippen molar-refractivity contribution in [1.29, 1.82) is 0 Å². The van der Waals surface area contributed by atoms with Gasteiger partial charge in [-0.2, -0.15) is 0 Å². The molecule has 2 aliphatic carbocycles. The van der Waals surface area contributed by atoms with E-state index < -0.39 is 0 Å². The molecule has 2 saturated carbocycles. The SMILES string of the molecule is BrCC1(Cc2cccc3ccccc23)CC2CC2C1. The van der Waals surface area contributed by atoms with Crippen molar-refractivity contribution >= 4 is 26.7 Å². The Morgan fingerprint density at radius 3 is 2.53 bits per heavy atom. The predicted molar refractivity (Wildman–Crippen MR) is 84.7 cm³/mol. The van der Waals surface area contributed by atoms with E-state index in [4.69, 9.17) is 0 Å². The van der Waals surface area contributed by atoms with Gasteiger partial charge in [-0.05, 0) is 59.3 Å². The fourth-order valence-corrected chi connectivity index (χ4v) is 4.81. The highest BCUT2D eigenvalue weighted by molar-refractivity contribution is 9.09. The average molecular weight is 315 g/mol. The smallest absolute Gasteiger partial charge is 0.00913 e. The van der Waals surface area contributed by atoms with Crippen LogP contribution in [0.25, 0.3) is 10.8 Å². The lowest BCUT2D eigenvalue weighted by molar-refractivity contribution is 0.309. The number of halogens is 1. The van der Waals surface area contributed by atoms with Crippen molar-refractivity contribution < 1.29 is 0 Å². The van der Waals surface area contributed by atoms with Crippen molar-refractivity contribution in [2.75, 3.05) is 5.33 Å². The molecule has 2 aromatic carbocycles. The molecule has 1 heteroatoms. The van der Waals surface area contributed by atoms with Crippen LogP contribution in [0.15, 0.2) is 42.5 Å². The largest absolute Gasteiger partial charge is 0.0922 e. The minimum Gasteiger partial charge on any atom is -0.0922 e. The summed E-state index contributed by atoms with van der Waals surface area (Å²) < 4.78 is 0. The highest BCUT2D eigenvalue weighted by Gasteiger charge is 2.53. The Balaban J connectivity index is 1.71. The van der Waals surface area contributed by atoms with E-state index >= 15 is 0 Å². The summed E-state index contributed by atoms with van der Waals surface area (Å²) in [6, 6.07) is 15.6. The summed E-state index contributed by atoms with van der Waals surface area (Å²) in [5.74, 6) is 2.10. The first-order chi connectivity index (χ1) is 9.30. The van der Waals surface area contributed by atoms with E-state index in [1.165, 1.54) is 36.5 Å². The van der Waals surface area contributed by atoms with Gasteiger partial charge in [0.15, 0.2) is 0 Å². The minimum absolute atomic E-state index is 0.526. The van der Waals surface area contributed by atoms with Gasteiger partial charge in [-0.1, -0.05) is 58.4 Å². The maximum atomic E-state index is 3.80. The van der Waals surface area contributed by atoms with Crippen molar-refractivity contribution in [1.82, 2.24) is 0 Å². The number of fused-ring (bicyclic) bond motifs is 2. The second kappa shape index (κ2) is 4.34. The van der Waals surface area contributed by atoms with Crippen LogP contribution in [0, 0.1) is 17.3 Å². The van der Waals surface area contributed by atoms with Gasteiger partial charge in [0.05, 0.1) is 0 Å². The molecule has 2 aromatic rings. The second-order valence-corrected chi connectivity index (χ2v) is 7.17. The molecule has 0 aromatic heterocycles. The normalized spacial score (nSPS) is 32.5. The van der Waals surface area contributed by atoms with Crippen LogP contribution in [0.4, 0.5) is 0 Å². The Morgan fingerprint density at radius 1 is 1.00 bits per heavy atom. The number of benzene rings is 2. The van der Waals surface area contributed by atoms with Gasteiger partial charge in [-0.25, -0.2) is 0 Å². The molecule has 0 nitrogen and oxygen atoms in total. The van der Waals surface area contributed by atoms with Gasteiger partial charge in [0.2, 0.25) is 0 Å². The highest BCUT2D eigenvalue weighted by Crippen LogP contribution is 2.61. The van der Waals surface area contributed by atoms with Gasteiger partial charge in [0, 0.05) is 5.33 Å². The molecule has 0 N–H and O–H groups in total. The van der Waals surface area contributed by atoms with Crippen LogP contribution in [0.3, 0.4) is 0 Å². The first-order valence-electron chi connectivity index (χ1n) is 7.32. The van der Waals surface area contributed by atoms with E-state index in [1.54, 1.807) is 5.56 Å². The zero-order chi connectivity index (χ0) is 12.9. The van der Waals surface area contributed by atoms with Crippen LogP contribution in [-0.4, -0.2) is 5.33 Å². The summed E-state index contributed by atoms with van der Waals surface area (Å²) in [6.45, 7) is 0. The monoisotopic (exact) mass is 314 g/mol. The number of hydrogen-bond acceptors (Lipinski definition) is 0. The lowest BCUT2D eigenvalue weighted by Gasteiger charge is -2.29. The predicted octanol–water partition coefficient (Wildman–Crippen LogP) is 5.19. The van der Waals surface area contributed by atoms with Gasteiger partial charge in [-0.3, -0.25) is 0 Å². The van der Waals surface area contributed by atoms with Gasteiger partial charge >= 0.3 is 0 Å². The topological polar surface area (TPSA) is 0 Å². The molecule has 0 radical (unpaired) electrons. The van der Waals surface area contributed by atoms with Crippen LogP contribution >= 0.6 is 15.9 Å². The Morgan fingerprint density at radius 2 is 1.74 bits per heavy atom. The Bertz CT molecular complexity index is 601. The zero-order valence-corrected chi connectivity index (χ0v) is 12.7. The maximum absolute atomic E-state index is 3.80. The third-order valence-electron chi connectivity index (χ3n) is 5.19. The van der Waals surface area contributed by atoms with Crippen LogP contribution in [0.5, 0.6) is 0 Å². The van der Waals surface area contributed by atoms with E-state index in [0.717, 1.165) is 17.2 Å². The lowest BCUT2D eigenvalue weighted by atomic mass is 9.78. The molecule has 2 atom stereocenters. The summed E-state index contributed by atoms with van der Waals surface area (Å²) in [5, 5.41) is 4.00. The number of hydrogen-bond donors (Lipinski definition) is 0. The van der Waals surface area contributed by atoms with Crippen LogP contribution in [0.1, 0.15) is 24.8 Å². The number of alkyl halides is 1. The number of rotatable bonds is 3. The van der Waals surface area contributed by atoms with E-state index in [9.17, 15) is 0 Å². The molecular weight excluding hydrogens is 296 g/mol. The molecule has 2 aliphatic rings. The molecule has 4 rings (SSSR count).